The zero-order chi connectivity index (χ0) is 23.8. The summed E-state index contributed by atoms with van der Waals surface area (Å²) in [5, 5.41) is -0.410. The number of hydrogen-bond acceptors (Lipinski definition) is 4. The minimum atomic E-state index is -0.422. The highest BCUT2D eigenvalue weighted by Crippen LogP contribution is 2.33. The molecule has 3 amide bonds. The van der Waals surface area contributed by atoms with E-state index in [1.54, 1.807) is 11.0 Å². The number of thioether (sulfide) groups is 1. The van der Waals surface area contributed by atoms with Crippen LogP contribution in [0.25, 0.3) is 11.8 Å². The van der Waals surface area contributed by atoms with Gasteiger partial charge in [0.15, 0.2) is 0 Å². The summed E-state index contributed by atoms with van der Waals surface area (Å²) in [4.78, 5) is 41.8. The van der Waals surface area contributed by atoms with Crippen LogP contribution in [0.5, 0.6) is 0 Å². The Balaban J connectivity index is 1.33. The van der Waals surface area contributed by atoms with Crippen LogP contribution in [0.15, 0.2) is 65.7 Å². The maximum atomic E-state index is 13.1. The number of carbonyl (C=O) groups is 3. The molecular weight excluding hydrogens is 446 g/mol. The zero-order valence-electron chi connectivity index (χ0n) is 19.2. The molecule has 0 saturated carbocycles. The molecule has 1 aromatic heterocycles. The van der Waals surface area contributed by atoms with Crippen molar-refractivity contribution in [3.63, 3.8) is 0 Å². The van der Waals surface area contributed by atoms with Crippen molar-refractivity contribution in [3.05, 3.63) is 93.6 Å². The van der Waals surface area contributed by atoms with Gasteiger partial charge >= 0.3 is 0 Å². The van der Waals surface area contributed by atoms with Gasteiger partial charge in [-0.25, -0.2) is 0 Å². The van der Waals surface area contributed by atoms with E-state index in [1.807, 2.05) is 53.2 Å². The van der Waals surface area contributed by atoms with Crippen molar-refractivity contribution in [2.24, 2.45) is 0 Å². The number of benzene rings is 2. The Bertz CT molecular complexity index is 1340. The Morgan fingerprint density at radius 3 is 2.62 bits per heavy atom. The van der Waals surface area contributed by atoms with E-state index in [0.717, 1.165) is 45.6 Å². The predicted molar refractivity (Wildman–Crippen MR) is 133 cm³/mol. The molecule has 0 aliphatic carbocycles. The molecule has 2 aliphatic rings. The number of nitrogens with zero attached hydrogens (tertiary/aromatic N) is 3. The summed E-state index contributed by atoms with van der Waals surface area (Å²) < 4.78 is 2.01. The molecule has 0 bridgehead atoms. The Labute approximate surface area is 202 Å². The molecule has 3 heterocycles. The zero-order valence-corrected chi connectivity index (χ0v) is 20.0. The lowest BCUT2D eigenvalue weighted by Crippen LogP contribution is -2.44. The van der Waals surface area contributed by atoms with Crippen LogP contribution in [0.2, 0.25) is 0 Å². The van der Waals surface area contributed by atoms with Crippen molar-refractivity contribution in [1.29, 1.82) is 0 Å². The highest BCUT2D eigenvalue weighted by atomic mass is 32.2. The summed E-state index contributed by atoms with van der Waals surface area (Å²) in [5.41, 5.74) is 6.51. The van der Waals surface area contributed by atoms with Gasteiger partial charge in [0.1, 0.15) is 6.54 Å². The van der Waals surface area contributed by atoms with Crippen LogP contribution < -0.4 is 0 Å². The third-order valence-electron chi connectivity index (χ3n) is 6.55. The molecule has 0 spiro atoms. The summed E-state index contributed by atoms with van der Waals surface area (Å²) in [5.74, 6) is -0.633. The van der Waals surface area contributed by atoms with Crippen molar-refractivity contribution in [1.82, 2.24) is 14.4 Å². The van der Waals surface area contributed by atoms with E-state index >= 15 is 0 Å². The molecule has 0 N–H and O–H groups in total. The first-order valence-electron chi connectivity index (χ1n) is 11.3. The highest BCUT2D eigenvalue weighted by Gasteiger charge is 2.37. The SMILES string of the molecule is Cc1cccc(-n2cccc2/C=C2\SC(=O)N(CC(=O)N3CCc4ccccc4C3)C2=O)c1C. The lowest BCUT2D eigenvalue weighted by atomic mass is 10.00. The molecule has 3 aromatic rings. The minimum absolute atomic E-state index is 0.211. The van der Waals surface area contributed by atoms with E-state index in [4.69, 9.17) is 0 Å². The number of carbonyl (C=O) groups excluding carboxylic acids is 3. The Morgan fingerprint density at radius 2 is 1.79 bits per heavy atom. The number of amides is 3. The molecule has 0 unspecified atom stereocenters. The van der Waals surface area contributed by atoms with Crippen LogP contribution in [0, 0.1) is 13.8 Å². The van der Waals surface area contributed by atoms with Crippen molar-refractivity contribution in [3.8, 4) is 5.69 Å². The molecular formula is C27H25N3O3S. The fourth-order valence-electron chi connectivity index (χ4n) is 4.44. The Kier molecular flexibility index (Phi) is 5.87. The van der Waals surface area contributed by atoms with E-state index in [0.29, 0.717) is 18.0 Å². The van der Waals surface area contributed by atoms with Gasteiger partial charge in [-0.05, 0) is 78.6 Å². The lowest BCUT2D eigenvalue weighted by molar-refractivity contribution is -0.136. The van der Waals surface area contributed by atoms with Gasteiger partial charge in [0.05, 0.1) is 4.91 Å². The lowest BCUT2D eigenvalue weighted by Gasteiger charge is -2.29. The molecule has 172 valence electrons. The van der Waals surface area contributed by atoms with Crippen molar-refractivity contribution in [2.45, 2.75) is 26.8 Å². The summed E-state index contributed by atoms with van der Waals surface area (Å²) in [6, 6.07) is 18.0. The van der Waals surface area contributed by atoms with Crippen LogP contribution in [0.1, 0.15) is 27.9 Å². The van der Waals surface area contributed by atoms with Crippen LogP contribution in [-0.4, -0.2) is 44.5 Å². The number of aryl methyl sites for hydroxylation is 1. The van der Waals surface area contributed by atoms with Gasteiger partial charge in [0.25, 0.3) is 11.1 Å². The van der Waals surface area contributed by atoms with E-state index in [-0.39, 0.29) is 12.5 Å². The smallest absolute Gasteiger partial charge is 0.294 e. The monoisotopic (exact) mass is 471 g/mol. The van der Waals surface area contributed by atoms with Crippen molar-refractivity contribution < 1.29 is 14.4 Å². The largest absolute Gasteiger partial charge is 0.336 e. The topological polar surface area (TPSA) is 62.6 Å². The molecule has 2 aromatic carbocycles. The first-order chi connectivity index (χ1) is 16.4. The Morgan fingerprint density at radius 1 is 1.00 bits per heavy atom. The van der Waals surface area contributed by atoms with Crippen LogP contribution in [0.4, 0.5) is 4.79 Å². The molecule has 1 fully saturated rings. The molecule has 2 aliphatic heterocycles. The number of imide groups is 1. The van der Waals surface area contributed by atoms with Gasteiger partial charge in [0, 0.05) is 30.7 Å². The minimum Gasteiger partial charge on any atom is -0.336 e. The first kappa shape index (κ1) is 22.2. The summed E-state index contributed by atoms with van der Waals surface area (Å²) in [7, 11) is 0. The van der Waals surface area contributed by atoms with Crippen molar-refractivity contribution >= 4 is 34.9 Å². The predicted octanol–water partition coefficient (Wildman–Crippen LogP) is 4.72. The number of fused-ring (bicyclic) bond motifs is 1. The van der Waals surface area contributed by atoms with Gasteiger partial charge < -0.3 is 9.47 Å². The van der Waals surface area contributed by atoms with Crippen LogP contribution in [-0.2, 0) is 22.6 Å². The molecule has 7 heteroatoms. The molecule has 1 saturated heterocycles. The number of aromatic nitrogens is 1. The van der Waals surface area contributed by atoms with Crippen LogP contribution >= 0.6 is 11.8 Å². The second-order valence-corrected chi connectivity index (χ2v) is 9.62. The summed E-state index contributed by atoms with van der Waals surface area (Å²) >= 11 is 0.883. The molecule has 0 radical (unpaired) electrons. The van der Waals surface area contributed by atoms with Crippen LogP contribution in [0.3, 0.4) is 0 Å². The third-order valence-corrected chi connectivity index (χ3v) is 7.45. The van der Waals surface area contributed by atoms with E-state index in [1.165, 1.54) is 11.1 Å². The number of hydrogen-bond donors (Lipinski definition) is 0. The maximum absolute atomic E-state index is 13.1. The average Bonchev–Trinajstić information content (AvgIpc) is 3.40. The van der Waals surface area contributed by atoms with Gasteiger partial charge in [-0.15, -0.1) is 0 Å². The van der Waals surface area contributed by atoms with Crippen molar-refractivity contribution in [2.75, 3.05) is 13.1 Å². The summed E-state index contributed by atoms with van der Waals surface area (Å²) in [6.45, 7) is 4.98. The van der Waals surface area contributed by atoms with Gasteiger partial charge in [-0.1, -0.05) is 36.4 Å². The van der Waals surface area contributed by atoms with Gasteiger partial charge in [0.2, 0.25) is 5.91 Å². The van der Waals surface area contributed by atoms with E-state index in [2.05, 4.69) is 26.0 Å². The molecule has 34 heavy (non-hydrogen) atoms. The van der Waals surface area contributed by atoms with E-state index in [9.17, 15) is 14.4 Å². The summed E-state index contributed by atoms with van der Waals surface area (Å²) in [6.07, 6.45) is 4.45. The fourth-order valence-corrected chi connectivity index (χ4v) is 5.27. The second-order valence-electron chi connectivity index (χ2n) is 8.62. The van der Waals surface area contributed by atoms with Gasteiger partial charge in [-0.2, -0.15) is 0 Å². The first-order valence-corrected chi connectivity index (χ1v) is 12.1. The Hall–Kier alpha value is -3.58. The highest BCUT2D eigenvalue weighted by molar-refractivity contribution is 8.18. The standard InChI is InChI=1S/C27H25N3O3S/c1-18-7-5-11-23(19(18)2)29-13-6-10-22(29)15-24-26(32)30(27(33)34-24)17-25(31)28-14-12-20-8-3-4-9-21(20)16-28/h3-11,13,15H,12,14,16-17H2,1-2H3/b24-15-. The fraction of sp³-hybridized carbons (Fsp3) is 0.222. The number of rotatable bonds is 4. The molecule has 5 rings (SSSR count). The second kappa shape index (κ2) is 8.99. The maximum Gasteiger partial charge on any atom is 0.294 e. The van der Waals surface area contributed by atoms with Gasteiger partial charge in [-0.3, -0.25) is 19.3 Å². The average molecular weight is 472 g/mol. The normalized spacial score (nSPS) is 16.9. The molecule has 0 atom stereocenters. The third kappa shape index (κ3) is 4.07. The quantitative estimate of drug-likeness (QED) is 0.517. The molecule has 6 nitrogen and oxygen atoms in total. The van der Waals surface area contributed by atoms with E-state index < -0.39 is 11.1 Å².